The molecule has 0 fully saturated rings. The lowest BCUT2D eigenvalue weighted by Gasteiger charge is -2.28. The molecule has 1 atom stereocenters. The van der Waals surface area contributed by atoms with Crippen LogP contribution in [-0.2, 0) is 4.79 Å². The number of carbonyl (C=O) groups is 3. The fraction of sp³-hybridized carbons (Fsp3) is 0.500. The average molecular weight is 331 g/mol. The van der Waals surface area contributed by atoms with E-state index >= 15 is 0 Å². The molecule has 1 aromatic rings. The van der Waals surface area contributed by atoms with E-state index in [1.165, 1.54) is 0 Å². The van der Waals surface area contributed by atoms with E-state index in [4.69, 9.17) is 0 Å². The van der Waals surface area contributed by atoms with E-state index in [1.807, 2.05) is 32.8 Å². The lowest BCUT2D eigenvalue weighted by molar-refractivity contribution is -0.126. The molecule has 1 aliphatic rings. The van der Waals surface area contributed by atoms with Gasteiger partial charge in [0.1, 0.15) is 6.04 Å². The van der Waals surface area contributed by atoms with Crippen LogP contribution in [-0.4, -0.2) is 60.7 Å². The zero-order valence-corrected chi connectivity index (χ0v) is 14.7. The van der Waals surface area contributed by atoms with Crippen molar-refractivity contribution < 1.29 is 14.4 Å². The number of benzene rings is 1. The maximum Gasteiger partial charge on any atom is 0.262 e. The molecule has 0 aromatic heterocycles. The fourth-order valence-corrected chi connectivity index (χ4v) is 2.89. The predicted molar refractivity (Wildman–Crippen MR) is 91.7 cm³/mol. The van der Waals surface area contributed by atoms with E-state index in [0.29, 0.717) is 17.7 Å². The first kappa shape index (κ1) is 18.1. The molecule has 2 rings (SSSR count). The Morgan fingerprint density at radius 2 is 1.67 bits per heavy atom. The van der Waals surface area contributed by atoms with Crippen molar-refractivity contribution >= 4 is 17.7 Å². The van der Waals surface area contributed by atoms with Crippen LogP contribution in [0.25, 0.3) is 0 Å². The molecular formula is C18H25N3O3. The third-order valence-electron chi connectivity index (χ3n) is 4.09. The number of imide groups is 1. The number of carbonyl (C=O) groups excluding carboxylic acids is 3. The molecule has 0 saturated heterocycles. The van der Waals surface area contributed by atoms with Crippen molar-refractivity contribution in [2.75, 3.05) is 27.2 Å². The van der Waals surface area contributed by atoms with Crippen LogP contribution in [0.5, 0.6) is 0 Å². The van der Waals surface area contributed by atoms with Crippen LogP contribution >= 0.6 is 0 Å². The Labute approximate surface area is 142 Å². The van der Waals surface area contributed by atoms with Gasteiger partial charge in [0.25, 0.3) is 11.8 Å². The van der Waals surface area contributed by atoms with E-state index in [2.05, 4.69) is 5.32 Å². The Morgan fingerprint density at radius 1 is 1.12 bits per heavy atom. The van der Waals surface area contributed by atoms with E-state index < -0.39 is 17.9 Å². The number of amides is 3. The number of fused-ring (bicyclic) bond motifs is 1. The molecule has 6 heteroatoms. The van der Waals surface area contributed by atoms with Gasteiger partial charge in [0.05, 0.1) is 11.1 Å². The smallest absolute Gasteiger partial charge is 0.262 e. The molecule has 1 heterocycles. The van der Waals surface area contributed by atoms with Crippen molar-refractivity contribution in [1.29, 1.82) is 0 Å². The van der Waals surface area contributed by atoms with Gasteiger partial charge in [-0.3, -0.25) is 19.3 Å². The Bertz CT molecular complexity index is 605. The first-order chi connectivity index (χ1) is 11.3. The third-order valence-corrected chi connectivity index (χ3v) is 4.09. The fourth-order valence-electron chi connectivity index (χ4n) is 2.89. The monoisotopic (exact) mass is 331 g/mol. The summed E-state index contributed by atoms with van der Waals surface area (Å²) in [7, 11) is 3.94. The molecule has 1 N–H and O–H groups in total. The molecule has 0 bridgehead atoms. The highest BCUT2D eigenvalue weighted by Gasteiger charge is 2.43. The molecule has 1 unspecified atom stereocenters. The molecule has 0 aliphatic carbocycles. The van der Waals surface area contributed by atoms with Crippen molar-refractivity contribution in [2.24, 2.45) is 5.92 Å². The molecule has 0 spiro atoms. The maximum atomic E-state index is 12.6. The normalized spacial score (nSPS) is 15.2. The van der Waals surface area contributed by atoms with Gasteiger partial charge in [-0.25, -0.2) is 0 Å². The standard InChI is InChI=1S/C18H25N3O3/c1-12(2)15(16(22)19-10-7-11-20(3)4)21-17(23)13-8-5-6-9-14(13)18(21)24/h5-6,8-9,12,15H,7,10-11H2,1-4H3,(H,19,22). The van der Waals surface area contributed by atoms with Gasteiger partial charge in [0.15, 0.2) is 0 Å². The number of nitrogens with one attached hydrogen (secondary N) is 1. The minimum Gasteiger partial charge on any atom is -0.354 e. The Morgan fingerprint density at radius 3 is 2.12 bits per heavy atom. The SMILES string of the molecule is CC(C)C(C(=O)NCCCN(C)C)N1C(=O)c2ccccc2C1=O. The van der Waals surface area contributed by atoms with Crippen LogP contribution in [0.2, 0.25) is 0 Å². The van der Waals surface area contributed by atoms with Gasteiger partial charge in [-0.05, 0) is 45.1 Å². The molecule has 0 radical (unpaired) electrons. The minimum atomic E-state index is -0.795. The van der Waals surface area contributed by atoms with Crippen LogP contribution in [0, 0.1) is 5.92 Å². The van der Waals surface area contributed by atoms with Crippen molar-refractivity contribution in [3.8, 4) is 0 Å². The number of nitrogens with zero attached hydrogens (tertiary/aromatic N) is 2. The highest BCUT2D eigenvalue weighted by molar-refractivity contribution is 6.22. The van der Waals surface area contributed by atoms with E-state index in [0.717, 1.165) is 17.9 Å². The average Bonchev–Trinajstić information content (AvgIpc) is 2.77. The minimum absolute atomic E-state index is 0.166. The summed E-state index contributed by atoms with van der Waals surface area (Å²) < 4.78 is 0. The van der Waals surface area contributed by atoms with Crippen molar-refractivity contribution in [1.82, 2.24) is 15.1 Å². The maximum absolute atomic E-state index is 12.6. The zero-order valence-electron chi connectivity index (χ0n) is 14.7. The lowest BCUT2D eigenvalue weighted by Crippen LogP contribution is -2.52. The molecule has 3 amide bonds. The Hall–Kier alpha value is -2.21. The Kier molecular flexibility index (Phi) is 5.72. The predicted octanol–water partition coefficient (Wildman–Crippen LogP) is 1.38. The summed E-state index contributed by atoms with van der Waals surface area (Å²) >= 11 is 0. The first-order valence-corrected chi connectivity index (χ1v) is 8.24. The molecule has 6 nitrogen and oxygen atoms in total. The second-order valence-electron chi connectivity index (χ2n) is 6.66. The van der Waals surface area contributed by atoms with Crippen LogP contribution in [0.3, 0.4) is 0 Å². The highest BCUT2D eigenvalue weighted by Crippen LogP contribution is 2.27. The van der Waals surface area contributed by atoms with Gasteiger partial charge in [0.2, 0.25) is 5.91 Å². The number of rotatable bonds is 7. The van der Waals surface area contributed by atoms with Crippen molar-refractivity contribution in [3.63, 3.8) is 0 Å². The van der Waals surface area contributed by atoms with E-state index in [-0.39, 0.29) is 11.8 Å². The summed E-state index contributed by atoms with van der Waals surface area (Å²) in [6, 6.07) is 5.90. The summed E-state index contributed by atoms with van der Waals surface area (Å²) in [5, 5.41) is 2.85. The van der Waals surface area contributed by atoms with Gasteiger partial charge in [-0.15, -0.1) is 0 Å². The topological polar surface area (TPSA) is 69.7 Å². The molecular weight excluding hydrogens is 306 g/mol. The van der Waals surface area contributed by atoms with Crippen molar-refractivity contribution in [2.45, 2.75) is 26.3 Å². The van der Waals surface area contributed by atoms with Gasteiger partial charge >= 0.3 is 0 Å². The van der Waals surface area contributed by atoms with Gasteiger partial charge in [0, 0.05) is 6.54 Å². The third kappa shape index (κ3) is 3.64. The Balaban J connectivity index is 2.13. The highest BCUT2D eigenvalue weighted by atomic mass is 16.2. The quantitative estimate of drug-likeness (QED) is 0.605. The second kappa shape index (κ2) is 7.57. The summed E-state index contributed by atoms with van der Waals surface area (Å²) in [5.41, 5.74) is 0.738. The summed E-state index contributed by atoms with van der Waals surface area (Å²) in [6.45, 7) is 5.06. The van der Waals surface area contributed by atoms with E-state index in [1.54, 1.807) is 24.3 Å². The lowest BCUT2D eigenvalue weighted by atomic mass is 10.0. The summed E-state index contributed by atoms with van der Waals surface area (Å²) in [5.74, 6) is -1.23. The zero-order chi connectivity index (χ0) is 17.9. The molecule has 0 saturated carbocycles. The second-order valence-corrected chi connectivity index (χ2v) is 6.66. The first-order valence-electron chi connectivity index (χ1n) is 8.24. The van der Waals surface area contributed by atoms with E-state index in [9.17, 15) is 14.4 Å². The van der Waals surface area contributed by atoms with Crippen LogP contribution in [0.15, 0.2) is 24.3 Å². The molecule has 24 heavy (non-hydrogen) atoms. The molecule has 130 valence electrons. The number of hydrogen-bond acceptors (Lipinski definition) is 4. The van der Waals surface area contributed by atoms with Crippen LogP contribution in [0.1, 0.15) is 41.0 Å². The van der Waals surface area contributed by atoms with Gasteiger partial charge in [-0.1, -0.05) is 26.0 Å². The molecule has 1 aromatic carbocycles. The largest absolute Gasteiger partial charge is 0.354 e. The number of hydrogen-bond donors (Lipinski definition) is 1. The van der Waals surface area contributed by atoms with Crippen LogP contribution in [0.4, 0.5) is 0 Å². The summed E-state index contributed by atoms with van der Waals surface area (Å²) in [4.78, 5) is 40.9. The van der Waals surface area contributed by atoms with Gasteiger partial charge < -0.3 is 10.2 Å². The van der Waals surface area contributed by atoms with Crippen LogP contribution < -0.4 is 5.32 Å². The van der Waals surface area contributed by atoms with Crippen molar-refractivity contribution in [3.05, 3.63) is 35.4 Å². The van der Waals surface area contributed by atoms with Gasteiger partial charge in [-0.2, -0.15) is 0 Å². The molecule has 1 aliphatic heterocycles. The summed E-state index contributed by atoms with van der Waals surface area (Å²) in [6.07, 6.45) is 0.811.